The Balaban J connectivity index is 1.95. The first-order valence-electron chi connectivity index (χ1n) is 5.75. The van der Waals surface area contributed by atoms with Crippen molar-refractivity contribution in [3.63, 3.8) is 0 Å². The zero-order valence-electron chi connectivity index (χ0n) is 9.86. The predicted molar refractivity (Wildman–Crippen MR) is 65.6 cm³/mol. The van der Waals surface area contributed by atoms with Crippen molar-refractivity contribution in [1.29, 1.82) is 0 Å². The molecule has 1 heterocycles. The number of hydrogen-bond donors (Lipinski definition) is 1. The van der Waals surface area contributed by atoms with Crippen LogP contribution in [0.1, 0.15) is 12.0 Å². The number of benzene rings is 1. The number of carbonyl (C=O) groups is 1. The molecule has 1 aliphatic rings. The molecule has 1 amide bonds. The number of azide groups is 1. The minimum atomic E-state index is 0.0845. The van der Waals surface area contributed by atoms with Crippen LogP contribution in [0.25, 0.3) is 10.4 Å². The molecule has 0 radical (unpaired) electrons. The van der Waals surface area contributed by atoms with Gasteiger partial charge in [-0.3, -0.25) is 4.79 Å². The zero-order chi connectivity index (χ0) is 13.0. The van der Waals surface area contributed by atoms with Crippen LogP contribution < -0.4 is 0 Å². The van der Waals surface area contributed by atoms with Gasteiger partial charge < -0.3 is 10.0 Å². The molecule has 6 heteroatoms. The molecule has 1 aliphatic heterocycles. The summed E-state index contributed by atoms with van der Waals surface area (Å²) in [6.07, 6.45) is 0.442. The van der Waals surface area contributed by atoms with E-state index in [-0.39, 0.29) is 17.6 Å². The summed E-state index contributed by atoms with van der Waals surface area (Å²) in [5.41, 5.74) is 9.23. The van der Waals surface area contributed by atoms with E-state index in [2.05, 4.69) is 10.0 Å². The molecular formula is C12H14N4O2. The fourth-order valence-electron chi connectivity index (χ4n) is 2.10. The van der Waals surface area contributed by atoms with Gasteiger partial charge in [0.25, 0.3) is 0 Å². The van der Waals surface area contributed by atoms with E-state index in [0.717, 1.165) is 5.56 Å². The molecule has 0 saturated carbocycles. The maximum absolute atomic E-state index is 11.8. The highest BCUT2D eigenvalue weighted by Gasteiger charge is 2.28. The average molecular weight is 246 g/mol. The first kappa shape index (κ1) is 12.3. The molecule has 1 aromatic rings. The van der Waals surface area contributed by atoms with Gasteiger partial charge in [-0.1, -0.05) is 17.2 Å². The molecule has 0 spiro atoms. The van der Waals surface area contributed by atoms with Crippen molar-refractivity contribution in [2.45, 2.75) is 13.0 Å². The van der Waals surface area contributed by atoms with Crippen molar-refractivity contribution < 1.29 is 9.90 Å². The van der Waals surface area contributed by atoms with Crippen molar-refractivity contribution in [2.75, 3.05) is 13.1 Å². The van der Waals surface area contributed by atoms with E-state index in [1.807, 2.05) is 0 Å². The maximum Gasteiger partial charge on any atom is 0.223 e. The molecule has 94 valence electrons. The summed E-state index contributed by atoms with van der Waals surface area (Å²) in [4.78, 5) is 16.2. The van der Waals surface area contributed by atoms with Gasteiger partial charge in [-0.15, -0.1) is 0 Å². The molecule has 1 unspecified atom stereocenters. The third kappa shape index (κ3) is 2.93. The fourth-order valence-corrected chi connectivity index (χ4v) is 2.10. The number of rotatable bonds is 4. The molecule has 1 N–H and O–H groups in total. The minimum absolute atomic E-state index is 0.0845. The van der Waals surface area contributed by atoms with Gasteiger partial charge in [0.05, 0.1) is 0 Å². The lowest BCUT2D eigenvalue weighted by Crippen LogP contribution is -2.24. The Morgan fingerprint density at radius 2 is 2.17 bits per heavy atom. The molecule has 18 heavy (non-hydrogen) atoms. The van der Waals surface area contributed by atoms with Gasteiger partial charge in [0.15, 0.2) is 0 Å². The second-order valence-electron chi connectivity index (χ2n) is 4.42. The molecule has 1 saturated heterocycles. The number of phenols is 1. The Bertz CT molecular complexity index is 479. The van der Waals surface area contributed by atoms with Gasteiger partial charge in [0.2, 0.25) is 5.91 Å². The van der Waals surface area contributed by atoms with Gasteiger partial charge in [0.1, 0.15) is 5.75 Å². The molecular weight excluding hydrogens is 232 g/mol. The summed E-state index contributed by atoms with van der Waals surface area (Å²) in [7, 11) is 0. The summed E-state index contributed by atoms with van der Waals surface area (Å²) in [5.74, 6) is 0.416. The second-order valence-corrected chi connectivity index (χ2v) is 4.42. The number of nitrogens with zero attached hydrogens (tertiary/aromatic N) is 4. The average Bonchev–Trinajstić information content (AvgIpc) is 2.70. The van der Waals surface area contributed by atoms with E-state index in [1.54, 1.807) is 29.2 Å². The summed E-state index contributed by atoms with van der Waals surface area (Å²) in [6.45, 7) is 1.53. The molecule has 0 aromatic heterocycles. The Kier molecular flexibility index (Phi) is 3.69. The smallest absolute Gasteiger partial charge is 0.223 e. The van der Waals surface area contributed by atoms with Crippen LogP contribution in [0.5, 0.6) is 5.75 Å². The van der Waals surface area contributed by atoms with Crippen molar-refractivity contribution in [3.05, 3.63) is 40.3 Å². The molecule has 1 aromatic carbocycles. The van der Waals surface area contributed by atoms with Crippen LogP contribution in [-0.2, 0) is 11.3 Å². The fraction of sp³-hybridized carbons (Fsp3) is 0.417. The SMILES string of the molecule is [N-]=[N+]=NCC1CC(=O)N(Cc2ccc(O)cc2)C1. The second kappa shape index (κ2) is 5.42. The third-order valence-electron chi connectivity index (χ3n) is 3.01. The van der Waals surface area contributed by atoms with Crippen molar-refractivity contribution in [3.8, 4) is 5.75 Å². The topological polar surface area (TPSA) is 89.3 Å². The van der Waals surface area contributed by atoms with Crippen LogP contribution >= 0.6 is 0 Å². The van der Waals surface area contributed by atoms with Crippen LogP contribution in [0.2, 0.25) is 0 Å². The van der Waals surface area contributed by atoms with E-state index >= 15 is 0 Å². The van der Waals surface area contributed by atoms with Gasteiger partial charge in [-0.25, -0.2) is 0 Å². The Morgan fingerprint density at radius 3 is 2.83 bits per heavy atom. The Hall–Kier alpha value is -2.20. The predicted octanol–water partition coefficient (Wildman–Crippen LogP) is 2.05. The number of likely N-dealkylation sites (tertiary alicyclic amines) is 1. The standard InChI is InChI=1S/C12H14N4O2/c13-15-14-6-10-5-12(18)16(8-10)7-9-1-3-11(17)4-2-9/h1-4,10,17H,5-8H2. The van der Waals surface area contributed by atoms with Crippen LogP contribution in [-0.4, -0.2) is 29.0 Å². The largest absolute Gasteiger partial charge is 0.508 e. The lowest BCUT2D eigenvalue weighted by atomic mass is 10.1. The van der Waals surface area contributed by atoms with Crippen molar-refractivity contribution in [2.24, 2.45) is 11.0 Å². The monoisotopic (exact) mass is 246 g/mol. The van der Waals surface area contributed by atoms with Crippen molar-refractivity contribution >= 4 is 5.91 Å². The summed E-state index contributed by atoms with van der Waals surface area (Å²) < 4.78 is 0. The molecule has 0 bridgehead atoms. The van der Waals surface area contributed by atoms with Gasteiger partial charge in [0, 0.05) is 31.0 Å². The van der Waals surface area contributed by atoms with E-state index in [0.29, 0.717) is 26.1 Å². The Morgan fingerprint density at radius 1 is 1.44 bits per heavy atom. The summed E-state index contributed by atoms with van der Waals surface area (Å²) >= 11 is 0. The highest BCUT2D eigenvalue weighted by atomic mass is 16.3. The number of hydrogen-bond acceptors (Lipinski definition) is 3. The number of amides is 1. The molecule has 6 nitrogen and oxygen atoms in total. The zero-order valence-corrected chi connectivity index (χ0v) is 9.86. The van der Waals surface area contributed by atoms with E-state index in [9.17, 15) is 9.90 Å². The van der Waals surface area contributed by atoms with Crippen LogP contribution in [0, 0.1) is 5.92 Å². The van der Waals surface area contributed by atoms with Gasteiger partial charge in [-0.2, -0.15) is 0 Å². The Labute approximate surface area is 104 Å². The number of carbonyl (C=O) groups excluding carboxylic acids is 1. The molecule has 0 aliphatic carbocycles. The lowest BCUT2D eigenvalue weighted by Gasteiger charge is -2.16. The maximum atomic E-state index is 11.8. The van der Waals surface area contributed by atoms with Crippen LogP contribution in [0.4, 0.5) is 0 Å². The van der Waals surface area contributed by atoms with E-state index in [1.165, 1.54) is 0 Å². The molecule has 2 rings (SSSR count). The first-order chi connectivity index (χ1) is 8.69. The molecule has 1 fully saturated rings. The van der Waals surface area contributed by atoms with Gasteiger partial charge in [-0.05, 0) is 29.1 Å². The number of phenolic OH excluding ortho intramolecular Hbond substituents is 1. The summed E-state index contributed by atoms with van der Waals surface area (Å²) in [6, 6.07) is 6.80. The highest BCUT2D eigenvalue weighted by Crippen LogP contribution is 2.21. The normalized spacial score (nSPS) is 18.8. The van der Waals surface area contributed by atoms with E-state index in [4.69, 9.17) is 5.53 Å². The molecule has 1 atom stereocenters. The quantitative estimate of drug-likeness (QED) is 0.500. The number of aromatic hydroxyl groups is 1. The third-order valence-corrected chi connectivity index (χ3v) is 3.01. The van der Waals surface area contributed by atoms with Gasteiger partial charge >= 0.3 is 0 Å². The lowest BCUT2D eigenvalue weighted by molar-refractivity contribution is -0.128. The van der Waals surface area contributed by atoms with E-state index < -0.39 is 0 Å². The van der Waals surface area contributed by atoms with Crippen LogP contribution in [0.15, 0.2) is 29.4 Å². The van der Waals surface area contributed by atoms with Crippen molar-refractivity contribution in [1.82, 2.24) is 4.90 Å². The first-order valence-corrected chi connectivity index (χ1v) is 5.75. The van der Waals surface area contributed by atoms with Crippen LogP contribution in [0.3, 0.4) is 0 Å². The minimum Gasteiger partial charge on any atom is -0.508 e. The summed E-state index contributed by atoms with van der Waals surface area (Å²) in [5, 5.41) is 12.7. The highest BCUT2D eigenvalue weighted by molar-refractivity contribution is 5.78.